The summed E-state index contributed by atoms with van der Waals surface area (Å²) in [6.07, 6.45) is 1.65. The third kappa shape index (κ3) is 2.79. The van der Waals surface area contributed by atoms with Crippen molar-refractivity contribution < 1.29 is 8.42 Å². The molecule has 0 aliphatic carbocycles. The number of rotatable bonds is 2. The lowest BCUT2D eigenvalue weighted by Gasteiger charge is -1.96. The second-order valence-electron chi connectivity index (χ2n) is 2.21. The Bertz CT molecular complexity index is 411. The molecule has 1 aromatic rings. The van der Waals surface area contributed by atoms with Crippen LogP contribution >= 0.6 is 11.6 Å². The number of benzene rings is 1. The summed E-state index contributed by atoms with van der Waals surface area (Å²) >= 11 is 6.09. The van der Waals surface area contributed by atoms with Crippen LogP contribution in [0.1, 0.15) is 0 Å². The van der Waals surface area contributed by atoms with Crippen LogP contribution in [0.25, 0.3) is 0 Å². The van der Waals surface area contributed by atoms with Crippen LogP contribution < -0.4 is 0 Å². The summed E-state index contributed by atoms with van der Waals surface area (Å²) in [5.41, 5.74) is 0. The zero-order chi connectivity index (χ0) is 9.90. The fourth-order valence-corrected chi connectivity index (χ4v) is 2.60. The maximum absolute atomic E-state index is 11.3. The zero-order valence-corrected chi connectivity index (χ0v) is 9.27. The predicted molar refractivity (Wildman–Crippen MR) is 55.7 cm³/mol. The summed E-state index contributed by atoms with van der Waals surface area (Å²) in [6, 6.07) is 5.92. The minimum absolute atomic E-state index is 0.172. The summed E-state index contributed by atoms with van der Waals surface area (Å²) in [6.45, 7) is 0. The number of hydrogen-bond donors (Lipinski definition) is 1. The molecule has 0 aliphatic heterocycles. The van der Waals surface area contributed by atoms with Gasteiger partial charge in [-0.2, -0.15) is 8.42 Å². The van der Waals surface area contributed by atoms with Crippen molar-refractivity contribution in [1.29, 1.82) is 0 Å². The molecule has 0 radical (unpaired) electrons. The minimum atomic E-state index is -3.47. The van der Waals surface area contributed by atoms with Crippen molar-refractivity contribution in [3.63, 3.8) is 0 Å². The number of nitrogens with zero attached hydrogens (tertiary/aromatic N) is 1. The lowest BCUT2D eigenvalue weighted by atomic mass is 10.4. The van der Waals surface area contributed by atoms with Gasteiger partial charge in [0.25, 0.3) is 10.0 Å². The van der Waals surface area contributed by atoms with E-state index in [1.54, 1.807) is 6.26 Å². The van der Waals surface area contributed by atoms with Crippen LogP contribution in [0, 0.1) is 0 Å². The first-order valence-corrected chi connectivity index (χ1v) is 6.49. The van der Waals surface area contributed by atoms with Crippen LogP contribution in [0.2, 0.25) is 5.02 Å². The van der Waals surface area contributed by atoms with E-state index in [1.807, 2.05) is 0 Å². The van der Waals surface area contributed by atoms with Gasteiger partial charge in [-0.25, -0.2) is 0 Å². The van der Waals surface area contributed by atoms with Gasteiger partial charge in [0.15, 0.2) is 0 Å². The summed E-state index contributed by atoms with van der Waals surface area (Å²) in [7, 11) is -3.47. The highest BCUT2D eigenvalue weighted by molar-refractivity contribution is 7.94. The van der Waals surface area contributed by atoms with Crippen molar-refractivity contribution in [1.82, 2.24) is 0 Å². The minimum Gasteiger partial charge on any atom is -0.199 e. The Hall–Kier alpha value is -0.390. The molecule has 1 rings (SSSR count). The highest BCUT2D eigenvalue weighted by Gasteiger charge is 2.10. The Morgan fingerprint density at radius 3 is 2.31 bits per heavy atom. The molecule has 0 N–H and O–H groups in total. The van der Waals surface area contributed by atoms with Crippen molar-refractivity contribution in [2.24, 2.45) is 3.77 Å². The lowest BCUT2D eigenvalue weighted by Crippen LogP contribution is -1.95. The average molecular weight is 238 g/mol. The Balaban J connectivity index is 3.17. The molecule has 0 fully saturated rings. The summed E-state index contributed by atoms with van der Waals surface area (Å²) in [4.78, 5) is 0.172. The molecular formula is C7H8ClNO2S2. The van der Waals surface area contributed by atoms with Gasteiger partial charge in [-0.05, 0) is 30.5 Å². The summed E-state index contributed by atoms with van der Waals surface area (Å²) < 4.78 is 26.1. The van der Waals surface area contributed by atoms with E-state index in [2.05, 4.69) is 3.77 Å². The van der Waals surface area contributed by atoms with Crippen LogP contribution in [0.3, 0.4) is 0 Å². The highest BCUT2D eigenvalue weighted by atomic mass is 35.5. The van der Waals surface area contributed by atoms with Crippen molar-refractivity contribution >= 4 is 33.2 Å². The molecule has 0 unspecified atom stereocenters. The molecule has 13 heavy (non-hydrogen) atoms. The van der Waals surface area contributed by atoms with Gasteiger partial charge in [-0.15, -0.1) is 3.77 Å². The van der Waals surface area contributed by atoms with E-state index in [4.69, 9.17) is 11.6 Å². The van der Waals surface area contributed by atoms with Gasteiger partial charge in [0.1, 0.15) is 0 Å². The number of thiol groups is 1. The van der Waals surface area contributed by atoms with Gasteiger partial charge in [0.2, 0.25) is 0 Å². The Labute approximate surface area is 85.9 Å². The van der Waals surface area contributed by atoms with E-state index in [-0.39, 0.29) is 4.90 Å². The topological polar surface area (TPSA) is 46.5 Å². The smallest absolute Gasteiger partial charge is 0.199 e. The SMILES string of the molecule is C[SH]=NS(=O)(=O)c1ccc(Cl)cc1. The van der Waals surface area contributed by atoms with Crippen LogP contribution in [-0.2, 0) is 21.6 Å². The number of sulfonamides is 1. The van der Waals surface area contributed by atoms with Gasteiger partial charge in [-0.3, -0.25) is 0 Å². The lowest BCUT2D eigenvalue weighted by molar-refractivity contribution is 0.598. The van der Waals surface area contributed by atoms with Crippen molar-refractivity contribution in [3.05, 3.63) is 29.3 Å². The maximum Gasteiger partial charge on any atom is 0.287 e. The molecule has 1 aromatic carbocycles. The van der Waals surface area contributed by atoms with E-state index >= 15 is 0 Å². The van der Waals surface area contributed by atoms with Gasteiger partial charge in [0, 0.05) is 5.02 Å². The van der Waals surface area contributed by atoms with E-state index < -0.39 is 10.0 Å². The van der Waals surface area contributed by atoms with E-state index in [1.165, 1.54) is 24.3 Å². The molecule has 0 spiro atoms. The average Bonchev–Trinajstić information content (AvgIpc) is 2.05. The third-order valence-electron chi connectivity index (χ3n) is 1.30. The molecule has 0 saturated carbocycles. The molecule has 72 valence electrons. The quantitative estimate of drug-likeness (QED) is 0.796. The van der Waals surface area contributed by atoms with Gasteiger partial charge >= 0.3 is 0 Å². The maximum atomic E-state index is 11.3. The van der Waals surface area contributed by atoms with Gasteiger partial charge < -0.3 is 0 Å². The molecule has 0 atom stereocenters. The van der Waals surface area contributed by atoms with Crippen molar-refractivity contribution in [3.8, 4) is 0 Å². The molecule has 3 nitrogen and oxygen atoms in total. The Kier molecular flexibility index (Phi) is 3.47. The second-order valence-corrected chi connectivity index (χ2v) is 5.12. The van der Waals surface area contributed by atoms with Gasteiger partial charge in [-0.1, -0.05) is 23.2 Å². The largest absolute Gasteiger partial charge is 0.287 e. The predicted octanol–water partition coefficient (Wildman–Crippen LogP) is 1.66. The standard InChI is InChI=1S/C7H8ClNO2S2/c1-12-9-13(10,11)7-4-2-6(8)3-5-7/h2-5,12H,1H3. The molecule has 6 heteroatoms. The second kappa shape index (κ2) is 4.21. The van der Waals surface area contributed by atoms with Crippen molar-refractivity contribution in [2.45, 2.75) is 4.90 Å². The molecular weight excluding hydrogens is 230 g/mol. The first-order chi connectivity index (χ1) is 6.06. The molecule has 0 aliphatic rings. The Morgan fingerprint density at radius 2 is 1.85 bits per heavy atom. The monoisotopic (exact) mass is 237 g/mol. The van der Waals surface area contributed by atoms with Gasteiger partial charge in [0.05, 0.1) is 4.90 Å². The molecule has 0 bridgehead atoms. The molecule has 0 amide bonds. The van der Waals surface area contributed by atoms with Crippen LogP contribution in [0.5, 0.6) is 0 Å². The molecule has 0 aromatic heterocycles. The highest BCUT2D eigenvalue weighted by Crippen LogP contribution is 2.15. The van der Waals surface area contributed by atoms with Crippen LogP contribution in [0.15, 0.2) is 32.9 Å². The zero-order valence-electron chi connectivity index (χ0n) is 6.81. The fourth-order valence-electron chi connectivity index (χ4n) is 0.761. The van der Waals surface area contributed by atoms with E-state index in [9.17, 15) is 8.42 Å². The molecule has 0 heterocycles. The van der Waals surface area contributed by atoms with Crippen LogP contribution in [-0.4, -0.2) is 14.7 Å². The normalized spacial score (nSPS) is 12.8. The first-order valence-electron chi connectivity index (χ1n) is 3.38. The van der Waals surface area contributed by atoms with E-state index in [0.29, 0.717) is 16.6 Å². The fraction of sp³-hybridized carbons (Fsp3) is 0.143. The third-order valence-corrected chi connectivity index (χ3v) is 3.93. The summed E-state index contributed by atoms with van der Waals surface area (Å²) in [5, 5.41) is 0.507. The van der Waals surface area contributed by atoms with Crippen molar-refractivity contribution in [2.75, 3.05) is 6.26 Å². The van der Waals surface area contributed by atoms with E-state index in [0.717, 1.165) is 0 Å². The first kappa shape index (κ1) is 10.7. The number of halogens is 1. The molecule has 0 saturated heterocycles. The summed E-state index contributed by atoms with van der Waals surface area (Å²) in [5.74, 6) is 0. The number of hydrogen-bond acceptors (Lipinski definition) is 2. The van der Waals surface area contributed by atoms with Crippen LogP contribution in [0.4, 0.5) is 0 Å². The Morgan fingerprint density at radius 1 is 1.31 bits per heavy atom.